The number of unbranched alkanes of at least 4 members (excludes halogenated alkanes) is 3. The van der Waals surface area contributed by atoms with Crippen molar-refractivity contribution in [1.82, 2.24) is 0 Å². The monoisotopic (exact) mass is 395 g/mol. The van der Waals surface area contributed by atoms with Crippen LogP contribution < -0.4 is 14.8 Å². The van der Waals surface area contributed by atoms with E-state index < -0.39 is 0 Å². The highest BCUT2D eigenvalue weighted by molar-refractivity contribution is 6.02. The number of carbonyl (C=O) groups excluding carboxylic acids is 1. The molecule has 29 heavy (non-hydrogen) atoms. The van der Waals surface area contributed by atoms with Crippen LogP contribution in [0.4, 0.5) is 5.69 Å². The van der Waals surface area contributed by atoms with Gasteiger partial charge in [-0.15, -0.1) is 0 Å². The van der Waals surface area contributed by atoms with Gasteiger partial charge in [0.25, 0.3) is 0 Å². The third-order valence-electron chi connectivity index (χ3n) is 4.80. The Morgan fingerprint density at radius 3 is 2.38 bits per heavy atom. The van der Waals surface area contributed by atoms with Gasteiger partial charge in [-0.25, -0.2) is 0 Å². The Morgan fingerprint density at radius 1 is 1.00 bits per heavy atom. The zero-order chi connectivity index (χ0) is 21.2. The molecule has 0 radical (unpaired) electrons. The van der Waals surface area contributed by atoms with Crippen molar-refractivity contribution < 1.29 is 14.3 Å². The number of nitrogens with one attached hydrogen (secondary N) is 1. The van der Waals surface area contributed by atoms with Crippen LogP contribution in [0.1, 0.15) is 54.9 Å². The van der Waals surface area contributed by atoms with E-state index in [1.54, 1.807) is 19.3 Å². The fraction of sp³-hybridized carbons (Fsp3) is 0.400. The zero-order valence-corrected chi connectivity index (χ0v) is 18.3. The fourth-order valence-corrected chi connectivity index (χ4v) is 3.33. The van der Waals surface area contributed by atoms with Crippen LogP contribution >= 0.6 is 0 Å². The van der Waals surface area contributed by atoms with Crippen molar-refractivity contribution in [2.45, 2.75) is 53.4 Å². The molecule has 4 heteroatoms. The van der Waals surface area contributed by atoms with Gasteiger partial charge in [-0.1, -0.05) is 49.9 Å². The summed E-state index contributed by atoms with van der Waals surface area (Å²) in [7, 11) is 1.63. The Labute approximate surface area is 174 Å². The minimum absolute atomic E-state index is 0.157. The lowest BCUT2D eigenvalue weighted by atomic mass is 10.1. The van der Waals surface area contributed by atoms with Crippen LogP contribution in [-0.2, 0) is 4.79 Å². The molecule has 0 aliphatic heterocycles. The first-order valence-electron chi connectivity index (χ1n) is 10.3. The lowest BCUT2D eigenvalue weighted by molar-refractivity contribution is -0.111. The first-order valence-corrected chi connectivity index (χ1v) is 10.3. The third kappa shape index (κ3) is 6.97. The highest BCUT2D eigenvalue weighted by Crippen LogP contribution is 2.29. The standard InChI is InChI=1S/C25H33NO3/c1-6-7-8-9-14-29-22-12-10-21(17-23(22)28-5)11-13-24(27)26-25-19(3)15-18(2)16-20(25)4/h10-13,15-17H,6-9,14H2,1-5H3,(H,26,27). The number of hydrogen-bond acceptors (Lipinski definition) is 3. The second kappa shape index (κ2) is 11.3. The normalized spacial score (nSPS) is 10.9. The number of ether oxygens (including phenoxy) is 2. The van der Waals surface area contributed by atoms with Crippen molar-refractivity contribution in [2.24, 2.45) is 0 Å². The molecule has 1 N–H and O–H groups in total. The van der Waals surface area contributed by atoms with E-state index in [1.807, 2.05) is 32.0 Å². The van der Waals surface area contributed by atoms with E-state index in [0.717, 1.165) is 34.5 Å². The molecule has 0 fully saturated rings. The van der Waals surface area contributed by atoms with Crippen molar-refractivity contribution in [3.8, 4) is 11.5 Å². The van der Waals surface area contributed by atoms with Gasteiger partial charge in [0.15, 0.2) is 11.5 Å². The average molecular weight is 396 g/mol. The summed E-state index contributed by atoms with van der Waals surface area (Å²) in [5, 5.41) is 2.98. The smallest absolute Gasteiger partial charge is 0.248 e. The summed E-state index contributed by atoms with van der Waals surface area (Å²) in [6.07, 6.45) is 7.97. The Morgan fingerprint density at radius 2 is 1.72 bits per heavy atom. The van der Waals surface area contributed by atoms with Gasteiger partial charge >= 0.3 is 0 Å². The molecular weight excluding hydrogens is 362 g/mol. The Kier molecular flexibility index (Phi) is 8.78. The van der Waals surface area contributed by atoms with Crippen LogP contribution in [-0.4, -0.2) is 19.6 Å². The SMILES string of the molecule is CCCCCCOc1ccc(C=CC(=O)Nc2c(C)cc(C)cc2C)cc1OC. The van der Waals surface area contributed by atoms with E-state index >= 15 is 0 Å². The Hall–Kier alpha value is -2.75. The molecular formula is C25H33NO3. The highest BCUT2D eigenvalue weighted by Gasteiger charge is 2.07. The first kappa shape index (κ1) is 22.5. The van der Waals surface area contributed by atoms with Gasteiger partial charge in [0.05, 0.1) is 13.7 Å². The average Bonchev–Trinajstić information content (AvgIpc) is 2.69. The molecule has 0 aliphatic rings. The first-order chi connectivity index (χ1) is 13.9. The molecule has 0 unspecified atom stereocenters. The van der Waals surface area contributed by atoms with Gasteiger partial charge in [0.2, 0.25) is 5.91 Å². The summed E-state index contributed by atoms with van der Waals surface area (Å²) < 4.78 is 11.3. The van der Waals surface area contributed by atoms with Crippen molar-refractivity contribution in [2.75, 3.05) is 19.0 Å². The molecule has 0 bridgehead atoms. The minimum Gasteiger partial charge on any atom is -0.493 e. The second-order valence-corrected chi connectivity index (χ2v) is 7.42. The quantitative estimate of drug-likeness (QED) is 0.383. The van der Waals surface area contributed by atoms with Gasteiger partial charge in [-0.05, 0) is 62.1 Å². The summed E-state index contributed by atoms with van der Waals surface area (Å²) in [6, 6.07) is 9.84. The number of rotatable bonds is 10. The van der Waals surface area contributed by atoms with E-state index in [0.29, 0.717) is 12.4 Å². The van der Waals surface area contributed by atoms with E-state index in [2.05, 4.69) is 31.3 Å². The Balaban J connectivity index is 2.00. The van der Waals surface area contributed by atoms with E-state index in [1.165, 1.54) is 24.8 Å². The van der Waals surface area contributed by atoms with E-state index in [4.69, 9.17) is 9.47 Å². The van der Waals surface area contributed by atoms with Crippen LogP contribution in [0.5, 0.6) is 11.5 Å². The summed E-state index contributed by atoms with van der Waals surface area (Å²) in [6.45, 7) is 8.94. The maximum atomic E-state index is 12.4. The number of aryl methyl sites for hydroxylation is 3. The number of carbonyl (C=O) groups is 1. The van der Waals surface area contributed by atoms with Gasteiger partial charge in [-0.2, -0.15) is 0 Å². The maximum absolute atomic E-state index is 12.4. The summed E-state index contributed by atoms with van der Waals surface area (Å²) in [4.78, 5) is 12.4. The topological polar surface area (TPSA) is 47.6 Å². The number of amides is 1. The van der Waals surface area contributed by atoms with Gasteiger partial charge in [-0.3, -0.25) is 4.79 Å². The lowest BCUT2D eigenvalue weighted by Gasteiger charge is -2.12. The third-order valence-corrected chi connectivity index (χ3v) is 4.80. The highest BCUT2D eigenvalue weighted by atomic mass is 16.5. The molecule has 2 rings (SSSR count). The molecule has 4 nitrogen and oxygen atoms in total. The molecule has 0 heterocycles. The van der Waals surface area contributed by atoms with E-state index in [9.17, 15) is 4.79 Å². The zero-order valence-electron chi connectivity index (χ0n) is 18.3. The maximum Gasteiger partial charge on any atom is 0.248 e. The minimum atomic E-state index is -0.157. The van der Waals surface area contributed by atoms with Gasteiger partial charge in [0.1, 0.15) is 0 Å². The van der Waals surface area contributed by atoms with Crippen LogP contribution in [0, 0.1) is 20.8 Å². The molecule has 2 aromatic rings. The molecule has 156 valence electrons. The lowest BCUT2D eigenvalue weighted by Crippen LogP contribution is -2.10. The molecule has 0 spiro atoms. The molecule has 2 aromatic carbocycles. The van der Waals surface area contributed by atoms with Crippen molar-refractivity contribution in [1.29, 1.82) is 0 Å². The second-order valence-electron chi connectivity index (χ2n) is 7.42. The molecule has 0 saturated carbocycles. The fourth-order valence-electron chi connectivity index (χ4n) is 3.33. The van der Waals surface area contributed by atoms with Crippen LogP contribution in [0.15, 0.2) is 36.4 Å². The summed E-state index contributed by atoms with van der Waals surface area (Å²) in [5.41, 5.74) is 5.06. The van der Waals surface area contributed by atoms with Gasteiger partial charge in [0, 0.05) is 11.8 Å². The van der Waals surface area contributed by atoms with Crippen molar-refractivity contribution in [3.05, 3.63) is 58.7 Å². The summed E-state index contributed by atoms with van der Waals surface area (Å²) in [5.74, 6) is 1.25. The van der Waals surface area contributed by atoms with E-state index in [-0.39, 0.29) is 5.91 Å². The van der Waals surface area contributed by atoms with Crippen molar-refractivity contribution in [3.63, 3.8) is 0 Å². The van der Waals surface area contributed by atoms with Crippen LogP contribution in [0.2, 0.25) is 0 Å². The van der Waals surface area contributed by atoms with Gasteiger partial charge < -0.3 is 14.8 Å². The summed E-state index contributed by atoms with van der Waals surface area (Å²) >= 11 is 0. The molecule has 0 aliphatic carbocycles. The van der Waals surface area contributed by atoms with Crippen LogP contribution in [0.25, 0.3) is 6.08 Å². The molecule has 0 saturated heterocycles. The number of methoxy groups -OCH3 is 1. The van der Waals surface area contributed by atoms with Crippen LogP contribution in [0.3, 0.4) is 0 Å². The molecule has 0 aromatic heterocycles. The number of benzene rings is 2. The number of anilines is 1. The van der Waals surface area contributed by atoms with Crippen molar-refractivity contribution >= 4 is 17.7 Å². The largest absolute Gasteiger partial charge is 0.493 e. The predicted molar refractivity (Wildman–Crippen MR) is 121 cm³/mol. The Bertz CT molecular complexity index is 832. The molecule has 0 atom stereocenters. The molecule has 1 amide bonds. The predicted octanol–water partition coefficient (Wildman–Crippen LogP) is 6.23. The number of hydrogen-bond donors (Lipinski definition) is 1.